The van der Waals surface area contributed by atoms with Crippen LogP contribution in [0.4, 0.5) is 0 Å². The minimum Gasteiger partial charge on any atom is -0.486 e. The summed E-state index contributed by atoms with van der Waals surface area (Å²) in [5, 5.41) is 0. The van der Waals surface area contributed by atoms with Gasteiger partial charge < -0.3 is 9.47 Å². The monoisotopic (exact) mass is 292 g/mol. The zero-order valence-electron chi connectivity index (χ0n) is 13.0. The standard InChI is InChI=1S/C20H20O2/c1-15-6-3-8-17(12-15)21-19-10-5-11-20(14-19)22-18-9-4-7-16(2)13-18/h3-8,10-14,18H,9H2,1-2H3. The molecule has 0 N–H and O–H groups in total. The van der Waals surface area contributed by atoms with Crippen LogP contribution in [0.25, 0.3) is 0 Å². The SMILES string of the molecule is CC1=CC(Oc2cccc(Oc3cccc(C)c3)c2)CC=C1. The van der Waals surface area contributed by atoms with Crippen molar-refractivity contribution in [2.45, 2.75) is 26.4 Å². The van der Waals surface area contributed by atoms with Crippen LogP contribution in [-0.2, 0) is 0 Å². The Kier molecular flexibility index (Phi) is 4.29. The average Bonchev–Trinajstić information content (AvgIpc) is 2.47. The summed E-state index contributed by atoms with van der Waals surface area (Å²) in [5.74, 6) is 2.46. The molecule has 0 spiro atoms. The third-order valence-corrected chi connectivity index (χ3v) is 3.52. The Bertz CT molecular complexity index is 713. The molecule has 0 fully saturated rings. The summed E-state index contributed by atoms with van der Waals surface area (Å²) >= 11 is 0. The first-order valence-corrected chi connectivity index (χ1v) is 7.55. The molecule has 0 amide bonds. The Labute approximate surface area is 131 Å². The average molecular weight is 292 g/mol. The molecular formula is C20H20O2. The molecule has 1 unspecified atom stereocenters. The van der Waals surface area contributed by atoms with Gasteiger partial charge in [-0.25, -0.2) is 0 Å². The highest BCUT2D eigenvalue weighted by Gasteiger charge is 2.10. The number of hydrogen-bond acceptors (Lipinski definition) is 2. The summed E-state index contributed by atoms with van der Waals surface area (Å²) in [6.07, 6.45) is 7.41. The van der Waals surface area contributed by atoms with E-state index in [2.05, 4.69) is 38.1 Å². The van der Waals surface area contributed by atoms with Gasteiger partial charge in [-0.2, -0.15) is 0 Å². The van der Waals surface area contributed by atoms with E-state index in [1.165, 1.54) is 11.1 Å². The molecule has 0 bridgehead atoms. The van der Waals surface area contributed by atoms with Gasteiger partial charge in [0, 0.05) is 12.5 Å². The van der Waals surface area contributed by atoms with Crippen molar-refractivity contribution in [3.05, 3.63) is 77.9 Å². The predicted molar refractivity (Wildman–Crippen MR) is 89.6 cm³/mol. The molecule has 0 saturated heterocycles. The molecule has 3 rings (SSSR count). The highest BCUT2D eigenvalue weighted by atomic mass is 16.5. The van der Waals surface area contributed by atoms with Gasteiger partial charge in [-0.15, -0.1) is 0 Å². The zero-order valence-corrected chi connectivity index (χ0v) is 13.0. The van der Waals surface area contributed by atoms with Crippen molar-refractivity contribution in [3.8, 4) is 17.2 Å². The summed E-state index contributed by atoms with van der Waals surface area (Å²) in [4.78, 5) is 0. The predicted octanol–water partition coefficient (Wildman–Crippen LogP) is 5.44. The Hall–Kier alpha value is -2.48. The summed E-state index contributed by atoms with van der Waals surface area (Å²) in [6.45, 7) is 4.14. The van der Waals surface area contributed by atoms with Crippen molar-refractivity contribution in [2.75, 3.05) is 0 Å². The number of ether oxygens (including phenoxy) is 2. The van der Waals surface area contributed by atoms with Crippen LogP contribution in [0.1, 0.15) is 18.9 Å². The van der Waals surface area contributed by atoms with E-state index in [1.807, 2.05) is 42.5 Å². The number of hydrogen-bond donors (Lipinski definition) is 0. The van der Waals surface area contributed by atoms with Crippen LogP contribution in [0, 0.1) is 6.92 Å². The van der Waals surface area contributed by atoms with Gasteiger partial charge in [-0.05, 0) is 49.8 Å². The second-order valence-electron chi connectivity index (χ2n) is 5.60. The highest BCUT2D eigenvalue weighted by molar-refractivity contribution is 5.38. The lowest BCUT2D eigenvalue weighted by Crippen LogP contribution is -2.14. The fourth-order valence-electron chi connectivity index (χ4n) is 2.49. The van der Waals surface area contributed by atoms with Gasteiger partial charge >= 0.3 is 0 Å². The minimum atomic E-state index is 0.0965. The molecule has 1 aliphatic rings. The molecule has 0 radical (unpaired) electrons. The van der Waals surface area contributed by atoms with Crippen LogP contribution < -0.4 is 9.47 Å². The van der Waals surface area contributed by atoms with Crippen molar-refractivity contribution in [1.82, 2.24) is 0 Å². The normalized spacial score (nSPS) is 17.0. The smallest absolute Gasteiger partial charge is 0.131 e. The van der Waals surface area contributed by atoms with E-state index in [4.69, 9.17) is 9.47 Å². The van der Waals surface area contributed by atoms with Crippen LogP contribution in [0.2, 0.25) is 0 Å². The van der Waals surface area contributed by atoms with Gasteiger partial charge in [0.25, 0.3) is 0 Å². The van der Waals surface area contributed by atoms with Gasteiger partial charge in [0.15, 0.2) is 0 Å². The molecule has 0 aliphatic heterocycles. The van der Waals surface area contributed by atoms with E-state index in [0.29, 0.717) is 0 Å². The van der Waals surface area contributed by atoms with Crippen LogP contribution in [-0.4, -0.2) is 6.10 Å². The molecule has 0 heterocycles. The molecular weight excluding hydrogens is 272 g/mol. The van der Waals surface area contributed by atoms with Crippen LogP contribution in [0.3, 0.4) is 0 Å². The molecule has 2 heteroatoms. The second kappa shape index (κ2) is 6.52. The Morgan fingerprint density at radius 2 is 1.64 bits per heavy atom. The van der Waals surface area contributed by atoms with Crippen LogP contribution in [0.15, 0.2) is 72.3 Å². The summed E-state index contributed by atoms with van der Waals surface area (Å²) in [6, 6.07) is 15.8. The molecule has 1 atom stereocenters. The zero-order chi connectivity index (χ0) is 15.4. The third-order valence-electron chi connectivity index (χ3n) is 3.52. The minimum absolute atomic E-state index is 0.0965. The van der Waals surface area contributed by atoms with Crippen molar-refractivity contribution in [2.24, 2.45) is 0 Å². The van der Waals surface area contributed by atoms with Gasteiger partial charge in [0.05, 0.1) is 0 Å². The molecule has 22 heavy (non-hydrogen) atoms. The summed E-state index contributed by atoms with van der Waals surface area (Å²) in [7, 11) is 0. The first-order valence-electron chi connectivity index (χ1n) is 7.55. The molecule has 2 aromatic carbocycles. The Morgan fingerprint density at radius 3 is 2.41 bits per heavy atom. The maximum atomic E-state index is 6.02. The van der Waals surface area contributed by atoms with Crippen LogP contribution >= 0.6 is 0 Å². The van der Waals surface area contributed by atoms with Crippen molar-refractivity contribution < 1.29 is 9.47 Å². The number of aryl methyl sites for hydroxylation is 1. The fraction of sp³-hybridized carbons (Fsp3) is 0.200. The van der Waals surface area contributed by atoms with Gasteiger partial charge in [0.2, 0.25) is 0 Å². The summed E-state index contributed by atoms with van der Waals surface area (Å²) in [5.41, 5.74) is 2.42. The van der Waals surface area contributed by atoms with Crippen LogP contribution in [0.5, 0.6) is 17.2 Å². The van der Waals surface area contributed by atoms with Gasteiger partial charge in [0.1, 0.15) is 23.4 Å². The first-order chi connectivity index (χ1) is 10.7. The molecule has 112 valence electrons. The maximum absolute atomic E-state index is 6.02. The highest BCUT2D eigenvalue weighted by Crippen LogP contribution is 2.27. The molecule has 2 aromatic rings. The molecule has 0 aromatic heterocycles. The Morgan fingerprint density at radius 1 is 0.909 bits per heavy atom. The fourth-order valence-corrected chi connectivity index (χ4v) is 2.49. The maximum Gasteiger partial charge on any atom is 0.131 e. The molecule has 2 nitrogen and oxygen atoms in total. The quantitative estimate of drug-likeness (QED) is 0.747. The molecule has 1 aliphatic carbocycles. The van der Waals surface area contributed by atoms with Crippen molar-refractivity contribution in [1.29, 1.82) is 0 Å². The number of rotatable bonds is 4. The first kappa shape index (κ1) is 14.5. The van der Waals surface area contributed by atoms with E-state index in [0.717, 1.165) is 23.7 Å². The van der Waals surface area contributed by atoms with Crippen molar-refractivity contribution in [3.63, 3.8) is 0 Å². The van der Waals surface area contributed by atoms with E-state index in [-0.39, 0.29) is 6.10 Å². The second-order valence-corrected chi connectivity index (χ2v) is 5.60. The largest absolute Gasteiger partial charge is 0.486 e. The lowest BCUT2D eigenvalue weighted by atomic mass is 10.1. The topological polar surface area (TPSA) is 18.5 Å². The van der Waals surface area contributed by atoms with E-state index >= 15 is 0 Å². The van der Waals surface area contributed by atoms with Gasteiger partial charge in [-0.3, -0.25) is 0 Å². The number of benzene rings is 2. The van der Waals surface area contributed by atoms with E-state index in [9.17, 15) is 0 Å². The summed E-state index contributed by atoms with van der Waals surface area (Å²) < 4.78 is 11.9. The van der Waals surface area contributed by atoms with E-state index < -0.39 is 0 Å². The Balaban J connectivity index is 1.71. The lowest BCUT2D eigenvalue weighted by Gasteiger charge is -2.18. The van der Waals surface area contributed by atoms with Crippen molar-refractivity contribution >= 4 is 0 Å². The van der Waals surface area contributed by atoms with E-state index in [1.54, 1.807) is 0 Å². The van der Waals surface area contributed by atoms with Gasteiger partial charge in [-0.1, -0.05) is 35.9 Å². The molecule has 0 saturated carbocycles. The lowest BCUT2D eigenvalue weighted by molar-refractivity contribution is 0.250. The third kappa shape index (κ3) is 3.79. The number of allylic oxidation sites excluding steroid dienone is 2.